The smallest absolute Gasteiger partial charge is 0.209 e. The lowest BCUT2D eigenvalue weighted by molar-refractivity contribution is -0.433. The molecule has 166 valence electrons. The monoisotopic (exact) mass is 445 g/mol. The standard InChI is InChI=1S/C29H34ClN2/c1-7-31-24-15-11-9-13-22(24)28(3,4)26(31)19-17-21(30)18-20-27-29(5,6)23-14-10-12-16-25(23)32(27)8-2/h9-20H,7-8H2,1-6H3/q+1. The van der Waals surface area contributed by atoms with Gasteiger partial charge in [0.15, 0.2) is 5.71 Å². The number of nitrogens with zero attached hydrogens (tertiary/aromatic N) is 2. The van der Waals surface area contributed by atoms with Crippen LogP contribution in [0.1, 0.15) is 52.7 Å². The molecule has 0 aliphatic carbocycles. The molecule has 32 heavy (non-hydrogen) atoms. The highest BCUT2D eigenvalue weighted by molar-refractivity contribution is 6.31. The number of likely N-dealkylation sites (N-methyl/N-ethyl adjacent to an activating group) is 1. The molecule has 4 rings (SSSR count). The van der Waals surface area contributed by atoms with E-state index >= 15 is 0 Å². The number of anilines is 1. The van der Waals surface area contributed by atoms with Crippen LogP contribution in [0.2, 0.25) is 0 Å². The summed E-state index contributed by atoms with van der Waals surface area (Å²) in [5.41, 5.74) is 7.80. The molecule has 0 aromatic heterocycles. The molecule has 0 saturated carbocycles. The molecule has 0 spiro atoms. The number of fused-ring (bicyclic) bond motifs is 2. The van der Waals surface area contributed by atoms with Crippen LogP contribution in [-0.4, -0.2) is 23.4 Å². The Morgan fingerprint density at radius 3 is 2.28 bits per heavy atom. The van der Waals surface area contributed by atoms with Crippen molar-refractivity contribution in [2.75, 3.05) is 18.0 Å². The first kappa shape index (κ1) is 22.6. The van der Waals surface area contributed by atoms with Gasteiger partial charge in [0.2, 0.25) is 5.69 Å². The third kappa shape index (κ3) is 3.55. The minimum Gasteiger partial charge on any atom is -0.344 e. The lowest BCUT2D eigenvalue weighted by Crippen LogP contribution is -2.27. The van der Waals surface area contributed by atoms with Gasteiger partial charge in [-0.15, -0.1) is 0 Å². The number of allylic oxidation sites excluding steroid dienone is 6. The molecule has 2 nitrogen and oxygen atoms in total. The summed E-state index contributed by atoms with van der Waals surface area (Å²) in [6.45, 7) is 15.4. The van der Waals surface area contributed by atoms with Crippen molar-refractivity contribution in [3.8, 4) is 0 Å². The van der Waals surface area contributed by atoms with Crippen molar-refractivity contribution in [3.05, 3.63) is 94.7 Å². The van der Waals surface area contributed by atoms with Gasteiger partial charge in [-0.3, -0.25) is 0 Å². The van der Waals surface area contributed by atoms with E-state index in [4.69, 9.17) is 11.6 Å². The van der Waals surface area contributed by atoms with Crippen LogP contribution in [0, 0.1) is 0 Å². The van der Waals surface area contributed by atoms with E-state index in [1.54, 1.807) is 0 Å². The van der Waals surface area contributed by atoms with Gasteiger partial charge in [0.05, 0.1) is 5.41 Å². The summed E-state index contributed by atoms with van der Waals surface area (Å²) < 4.78 is 2.39. The second kappa shape index (κ2) is 8.41. The van der Waals surface area contributed by atoms with Crippen molar-refractivity contribution < 1.29 is 4.58 Å². The van der Waals surface area contributed by atoms with Crippen LogP contribution in [0.5, 0.6) is 0 Å². The van der Waals surface area contributed by atoms with Gasteiger partial charge in [-0.05, 0) is 57.6 Å². The Hall–Kier alpha value is -2.58. The first-order valence-corrected chi connectivity index (χ1v) is 12.0. The van der Waals surface area contributed by atoms with Crippen molar-refractivity contribution in [1.29, 1.82) is 0 Å². The molecule has 0 saturated heterocycles. The van der Waals surface area contributed by atoms with Gasteiger partial charge in [0.1, 0.15) is 6.54 Å². The average Bonchev–Trinajstić information content (AvgIpc) is 3.14. The van der Waals surface area contributed by atoms with E-state index in [0.29, 0.717) is 0 Å². The van der Waals surface area contributed by atoms with Gasteiger partial charge in [-0.25, -0.2) is 0 Å². The molecule has 0 radical (unpaired) electrons. The molecule has 2 heterocycles. The van der Waals surface area contributed by atoms with Crippen molar-refractivity contribution in [2.45, 2.75) is 52.4 Å². The first-order valence-electron chi connectivity index (χ1n) is 11.6. The molecule has 0 unspecified atom stereocenters. The van der Waals surface area contributed by atoms with E-state index in [1.165, 1.54) is 33.9 Å². The molecular weight excluding hydrogens is 412 g/mol. The van der Waals surface area contributed by atoms with E-state index in [9.17, 15) is 0 Å². The van der Waals surface area contributed by atoms with E-state index in [1.807, 2.05) is 12.2 Å². The van der Waals surface area contributed by atoms with E-state index in [0.717, 1.165) is 18.1 Å². The molecule has 0 bridgehead atoms. The second-order valence-corrected chi connectivity index (χ2v) is 10.0. The molecular formula is C29H34ClN2+. The minimum absolute atomic E-state index is 0.0488. The van der Waals surface area contributed by atoms with Crippen molar-refractivity contribution >= 4 is 28.7 Å². The third-order valence-electron chi connectivity index (χ3n) is 7.03. The van der Waals surface area contributed by atoms with Crippen LogP contribution in [0.15, 0.2) is 83.6 Å². The number of rotatable bonds is 5. The molecule has 0 amide bonds. The zero-order valence-electron chi connectivity index (χ0n) is 20.1. The number of para-hydroxylation sites is 2. The number of hydrogen-bond donors (Lipinski definition) is 0. The highest BCUT2D eigenvalue weighted by Crippen LogP contribution is 2.47. The van der Waals surface area contributed by atoms with Crippen molar-refractivity contribution in [2.24, 2.45) is 0 Å². The molecule has 3 heteroatoms. The lowest BCUT2D eigenvalue weighted by atomic mass is 9.81. The molecule has 0 N–H and O–H groups in total. The fourth-order valence-electron chi connectivity index (χ4n) is 5.34. The minimum atomic E-state index is -0.0488. The zero-order valence-corrected chi connectivity index (χ0v) is 20.9. The molecule has 2 aliphatic rings. The Kier molecular flexibility index (Phi) is 5.94. The molecule has 0 fully saturated rings. The van der Waals surface area contributed by atoms with Crippen LogP contribution < -0.4 is 4.90 Å². The quantitative estimate of drug-likeness (QED) is 0.342. The summed E-state index contributed by atoms with van der Waals surface area (Å²) >= 11 is 6.71. The summed E-state index contributed by atoms with van der Waals surface area (Å²) in [5, 5.41) is 0.732. The Morgan fingerprint density at radius 1 is 0.938 bits per heavy atom. The normalized spacial score (nSPS) is 20.4. The van der Waals surface area contributed by atoms with E-state index in [-0.39, 0.29) is 10.8 Å². The molecule has 0 atom stereocenters. The predicted octanol–water partition coefficient (Wildman–Crippen LogP) is 7.46. The average molecular weight is 446 g/mol. The highest BCUT2D eigenvalue weighted by atomic mass is 35.5. The van der Waals surface area contributed by atoms with Gasteiger partial charge in [0.25, 0.3) is 0 Å². The lowest BCUT2D eigenvalue weighted by Gasteiger charge is -2.25. The Morgan fingerprint density at radius 2 is 1.59 bits per heavy atom. The van der Waals surface area contributed by atoms with Crippen molar-refractivity contribution in [1.82, 2.24) is 0 Å². The van der Waals surface area contributed by atoms with E-state index < -0.39 is 0 Å². The molecule has 2 aromatic carbocycles. The molecule has 2 aromatic rings. The fourth-order valence-corrected chi connectivity index (χ4v) is 5.46. The Balaban J connectivity index is 1.66. The fraction of sp³-hybridized carbons (Fsp3) is 0.345. The van der Waals surface area contributed by atoms with Crippen molar-refractivity contribution in [3.63, 3.8) is 0 Å². The van der Waals surface area contributed by atoms with Crippen LogP contribution in [0.4, 0.5) is 11.4 Å². The Labute approximate surface area is 198 Å². The van der Waals surface area contributed by atoms with Crippen LogP contribution in [-0.2, 0) is 10.8 Å². The van der Waals surface area contributed by atoms with E-state index in [2.05, 4.69) is 112 Å². The van der Waals surface area contributed by atoms with Crippen LogP contribution >= 0.6 is 11.6 Å². The summed E-state index contributed by atoms with van der Waals surface area (Å²) in [6, 6.07) is 17.4. The van der Waals surface area contributed by atoms with Gasteiger partial charge in [-0.2, -0.15) is 4.58 Å². The number of halogens is 1. The van der Waals surface area contributed by atoms with Gasteiger partial charge < -0.3 is 4.90 Å². The van der Waals surface area contributed by atoms with Gasteiger partial charge in [0, 0.05) is 46.1 Å². The maximum absolute atomic E-state index is 6.71. The SMILES string of the molecule is CCN1/C(=C/C=C(Cl)/C=C/C2=[N+](CC)c3ccccc3C2(C)C)C(C)(C)c2ccccc21. The largest absolute Gasteiger partial charge is 0.344 e. The zero-order chi connectivity index (χ0) is 23.1. The van der Waals surface area contributed by atoms with Gasteiger partial charge >= 0.3 is 0 Å². The summed E-state index contributed by atoms with van der Waals surface area (Å²) in [7, 11) is 0. The van der Waals surface area contributed by atoms with Crippen LogP contribution in [0.3, 0.4) is 0 Å². The predicted molar refractivity (Wildman–Crippen MR) is 139 cm³/mol. The summed E-state index contributed by atoms with van der Waals surface area (Å²) in [6.07, 6.45) is 8.45. The summed E-state index contributed by atoms with van der Waals surface area (Å²) in [4.78, 5) is 2.39. The first-order chi connectivity index (χ1) is 15.2. The maximum atomic E-state index is 6.71. The Bertz CT molecular complexity index is 1160. The maximum Gasteiger partial charge on any atom is 0.209 e. The number of benzene rings is 2. The highest BCUT2D eigenvalue weighted by Gasteiger charge is 2.43. The third-order valence-corrected chi connectivity index (χ3v) is 7.28. The second-order valence-electron chi connectivity index (χ2n) is 9.59. The topological polar surface area (TPSA) is 6.25 Å². The summed E-state index contributed by atoms with van der Waals surface area (Å²) in [5.74, 6) is 0. The number of hydrogen-bond acceptors (Lipinski definition) is 1. The van der Waals surface area contributed by atoms with Gasteiger partial charge in [-0.1, -0.05) is 61.8 Å². The molecule has 2 aliphatic heterocycles. The van der Waals surface area contributed by atoms with Crippen LogP contribution in [0.25, 0.3) is 0 Å².